The molecule has 0 fully saturated rings. The third-order valence-electron chi connectivity index (χ3n) is 4.39. The number of anilines is 1. The van der Waals surface area contributed by atoms with Crippen molar-refractivity contribution in [3.05, 3.63) is 83.7 Å². The summed E-state index contributed by atoms with van der Waals surface area (Å²) >= 11 is 0. The maximum absolute atomic E-state index is 13.0. The van der Waals surface area contributed by atoms with Gasteiger partial charge in [-0.25, -0.2) is 12.8 Å². The van der Waals surface area contributed by atoms with Gasteiger partial charge >= 0.3 is 0 Å². The van der Waals surface area contributed by atoms with Gasteiger partial charge in [0.2, 0.25) is 6.79 Å². The van der Waals surface area contributed by atoms with Crippen molar-refractivity contribution in [3.63, 3.8) is 0 Å². The van der Waals surface area contributed by atoms with Crippen LogP contribution in [0.4, 0.5) is 10.1 Å². The van der Waals surface area contributed by atoms with Crippen LogP contribution in [0.2, 0.25) is 0 Å². The number of amides is 1. The molecule has 0 unspecified atom stereocenters. The zero-order valence-corrected chi connectivity index (χ0v) is 16.4. The van der Waals surface area contributed by atoms with Crippen molar-refractivity contribution < 1.29 is 27.1 Å². The quantitative estimate of drug-likeness (QED) is 0.629. The molecule has 1 aliphatic rings. The van der Waals surface area contributed by atoms with E-state index >= 15 is 0 Å². The Morgan fingerprint density at radius 2 is 1.73 bits per heavy atom. The number of sulfonamides is 1. The molecule has 2 N–H and O–H groups in total. The number of hydrogen-bond donors (Lipinski definition) is 2. The van der Waals surface area contributed by atoms with Gasteiger partial charge in [-0.15, -0.1) is 0 Å². The number of benzene rings is 3. The Hall–Kier alpha value is -3.59. The Kier molecular flexibility index (Phi) is 5.28. The van der Waals surface area contributed by atoms with Crippen molar-refractivity contribution in [2.24, 2.45) is 0 Å². The fraction of sp³-hybridized carbons (Fsp3) is 0.0952. The van der Waals surface area contributed by atoms with Crippen LogP contribution in [0, 0.1) is 5.82 Å². The largest absolute Gasteiger partial charge is 0.454 e. The lowest BCUT2D eigenvalue weighted by molar-refractivity contribution is 0.0950. The molecule has 154 valence electrons. The number of rotatable bonds is 6. The summed E-state index contributed by atoms with van der Waals surface area (Å²) in [4.78, 5) is 12.4. The third kappa shape index (κ3) is 4.36. The first-order chi connectivity index (χ1) is 14.4. The normalized spacial score (nSPS) is 12.4. The molecule has 3 aromatic carbocycles. The lowest BCUT2D eigenvalue weighted by Gasteiger charge is -2.10. The summed E-state index contributed by atoms with van der Waals surface area (Å²) in [5.41, 5.74) is 1.22. The summed E-state index contributed by atoms with van der Waals surface area (Å²) in [7, 11) is -3.94. The van der Waals surface area contributed by atoms with E-state index in [1.54, 1.807) is 18.2 Å². The number of fused-ring (bicyclic) bond motifs is 1. The summed E-state index contributed by atoms with van der Waals surface area (Å²) in [5, 5.41) is 2.75. The van der Waals surface area contributed by atoms with Gasteiger partial charge < -0.3 is 14.8 Å². The smallest absolute Gasteiger partial charge is 0.261 e. The van der Waals surface area contributed by atoms with Crippen molar-refractivity contribution in [3.8, 4) is 11.5 Å². The minimum absolute atomic E-state index is 0.0810. The van der Waals surface area contributed by atoms with Gasteiger partial charge in [-0.3, -0.25) is 9.52 Å². The molecule has 0 spiro atoms. The van der Waals surface area contributed by atoms with Crippen molar-refractivity contribution in [1.82, 2.24) is 5.32 Å². The first kappa shape index (κ1) is 19.7. The van der Waals surface area contributed by atoms with Gasteiger partial charge in [0.05, 0.1) is 4.90 Å². The molecule has 30 heavy (non-hydrogen) atoms. The van der Waals surface area contributed by atoms with Crippen LogP contribution >= 0.6 is 0 Å². The zero-order valence-electron chi connectivity index (χ0n) is 15.6. The molecule has 0 aliphatic carbocycles. The molecular formula is C21H17FN2O5S. The molecule has 0 bridgehead atoms. The first-order valence-corrected chi connectivity index (χ1v) is 10.4. The minimum Gasteiger partial charge on any atom is -0.454 e. The van der Waals surface area contributed by atoms with Crippen LogP contribution in [-0.4, -0.2) is 21.1 Å². The fourth-order valence-corrected chi connectivity index (χ4v) is 3.98. The Morgan fingerprint density at radius 3 is 2.53 bits per heavy atom. The minimum atomic E-state index is -3.94. The molecule has 1 aliphatic heterocycles. The second-order valence-corrected chi connectivity index (χ2v) is 8.19. The zero-order chi connectivity index (χ0) is 21.1. The molecule has 9 heteroatoms. The SMILES string of the molecule is O=C(NCc1ccc2c(c1)OCO2)c1cccc(S(=O)(=O)Nc2ccc(F)cc2)c1. The molecule has 0 aromatic heterocycles. The monoisotopic (exact) mass is 428 g/mol. The van der Waals surface area contributed by atoms with Gasteiger partial charge in [0.15, 0.2) is 11.5 Å². The molecule has 0 radical (unpaired) electrons. The second-order valence-electron chi connectivity index (χ2n) is 6.51. The highest BCUT2D eigenvalue weighted by molar-refractivity contribution is 7.92. The van der Waals surface area contributed by atoms with Crippen LogP contribution in [0.25, 0.3) is 0 Å². The summed E-state index contributed by atoms with van der Waals surface area (Å²) in [6, 6.07) is 15.9. The average Bonchev–Trinajstić information content (AvgIpc) is 3.21. The Balaban J connectivity index is 1.45. The molecule has 1 amide bonds. The Morgan fingerprint density at radius 1 is 0.967 bits per heavy atom. The molecule has 0 saturated heterocycles. The number of nitrogens with one attached hydrogen (secondary N) is 2. The van der Waals surface area contributed by atoms with Crippen molar-refractivity contribution >= 4 is 21.6 Å². The predicted molar refractivity (Wildman–Crippen MR) is 107 cm³/mol. The average molecular weight is 428 g/mol. The highest BCUT2D eigenvalue weighted by atomic mass is 32.2. The van der Waals surface area contributed by atoms with E-state index in [0.717, 1.165) is 17.7 Å². The van der Waals surface area contributed by atoms with E-state index in [2.05, 4.69) is 10.0 Å². The molecule has 1 heterocycles. The molecule has 4 rings (SSSR count). The molecule has 0 atom stereocenters. The number of carbonyl (C=O) groups is 1. The van der Waals surface area contributed by atoms with Crippen molar-refractivity contribution in [2.45, 2.75) is 11.4 Å². The van der Waals surface area contributed by atoms with Gasteiger partial charge in [0.1, 0.15) is 5.82 Å². The van der Waals surface area contributed by atoms with Crippen molar-refractivity contribution in [2.75, 3.05) is 11.5 Å². The Bertz CT molecular complexity index is 1200. The van der Waals surface area contributed by atoms with Crippen LogP contribution in [-0.2, 0) is 16.6 Å². The van der Waals surface area contributed by atoms with Crippen LogP contribution < -0.4 is 19.5 Å². The predicted octanol–water partition coefficient (Wildman–Crippen LogP) is 3.29. The van der Waals surface area contributed by atoms with E-state index in [9.17, 15) is 17.6 Å². The van der Waals surface area contributed by atoms with Crippen LogP contribution in [0.1, 0.15) is 15.9 Å². The fourth-order valence-electron chi connectivity index (χ4n) is 2.87. The van der Waals surface area contributed by atoms with E-state index in [-0.39, 0.29) is 29.5 Å². The van der Waals surface area contributed by atoms with Gasteiger partial charge in [-0.1, -0.05) is 12.1 Å². The maximum Gasteiger partial charge on any atom is 0.261 e. The van der Waals surface area contributed by atoms with Crippen LogP contribution in [0.15, 0.2) is 71.6 Å². The standard InChI is InChI=1S/C21H17FN2O5S/c22-16-5-7-17(8-6-16)24-30(26,27)18-3-1-2-15(11-18)21(25)23-12-14-4-9-19-20(10-14)29-13-28-19/h1-11,24H,12-13H2,(H,23,25). The molecule has 7 nitrogen and oxygen atoms in total. The van der Waals surface area contributed by atoms with Gasteiger partial charge in [0.25, 0.3) is 15.9 Å². The number of halogens is 1. The summed E-state index contributed by atoms with van der Waals surface area (Å²) in [5.74, 6) is 0.365. The highest BCUT2D eigenvalue weighted by Crippen LogP contribution is 2.32. The lowest BCUT2D eigenvalue weighted by Crippen LogP contribution is -2.23. The first-order valence-electron chi connectivity index (χ1n) is 8.96. The Labute approximate surface area is 172 Å². The number of carbonyl (C=O) groups excluding carboxylic acids is 1. The van der Waals surface area contributed by atoms with E-state index in [1.165, 1.54) is 36.4 Å². The van der Waals surface area contributed by atoms with Gasteiger partial charge in [-0.05, 0) is 60.2 Å². The third-order valence-corrected chi connectivity index (χ3v) is 5.77. The highest BCUT2D eigenvalue weighted by Gasteiger charge is 2.17. The van der Waals surface area contributed by atoms with E-state index in [4.69, 9.17) is 9.47 Å². The van der Waals surface area contributed by atoms with E-state index in [1.807, 2.05) is 0 Å². The summed E-state index contributed by atoms with van der Waals surface area (Å²) in [6.07, 6.45) is 0. The lowest BCUT2D eigenvalue weighted by atomic mass is 10.2. The number of ether oxygens (including phenoxy) is 2. The van der Waals surface area contributed by atoms with Gasteiger partial charge in [-0.2, -0.15) is 0 Å². The topological polar surface area (TPSA) is 93.7 Å². The summed E-state index contributed by atoms with van der Waals surface area (Å²) < 4.78 is 51.1. The summed E-state index contributed by atoms with van der Waals surface area (Å²) in [6.45, 7) is 0.401. The second kappa shape index (κ2) is 8.03. The van der Waals surface area contributed by atoms with E-state index < -0.39 is 21.7 Å². The maximum atomic E-state index is 13.0. The molecular weight excluding hydrogens is 411 g/mol. The van der Waals surface area contributed by atoms with Gasteiger partial charge in [0, 0.05) is 17.8 Å². The number of hydrogen-bond acceptors (Lipinski definition) is 5. The van der Waals surface area contributed by atoms with Crippen molar-refractivity contribution in [1.29, 1.82) is 0 Å². The van der Waals surface area contributed by atoms with E-state index in [0.29, 0.717) is 11.5 Å². The molecule has 0 saturated carbocycles. The van der Waals surface area contributed by atoms with Crippen LogP contribution in [0.5, 0.6) is 11.5 Å². The molecule has 3 aromatic rings. The van der Waals surface area contributed by atoms with Crippen LogP contribution in [0.3, 0.4) is 0 Å².